The van der Waals surface area contributed by atoms with Gasteiger partial charge in [0, 0.05) is 24.8 Å². The monoisotopic (exact) mass is 446 g/mol. The fourth-order valence-electron chi connectivity index (χ4n) is 2.83. The van der Waals surface area contributed by atoms with Gasteiger partial charge in [-0.3, -0.25) is 4.79 Å². The Morgan fingerprint density at radius 3 is 2.32 bits per heavy atom. The Kier molecular flexibility index (Phi) is 6.98. The third-order valence-electron chi connectivity index (χ3n) is 4.39. The van der Waals surface area contributed by atoms with Crippen LogP contribution in [0.25, 0.3) is 0 Å². The first-order chi connectivity index (χ1) is 14.8. The van der Waals surface area contributed by atoms with Crippen LogP contribution in [0.4, 0.5) is 14.5 Å². The van der Waals surface area contributed by atoms with Crippen molar-refractivity contribution in [1.82, 2.24) is 4.31 Å². The van der Waals surface area contributed by atoms with E-state index < -0.39 is 22.5 Å². The number of carbonyl (C=O) groups excluding carboxylic acids is 1. The second kappa shape index (κ2) is 9.67. The van der Waals surface area contributed by atoms with Crippen molar-refractivity contribution in [3.63, 3.8) is 0 Å². The minimum absolute atomic E-state index is 0.0799. The van der Waals surface area contributed by atoms with E-state index in [1.165, 1.54) is 59.9 Å². The molecule has 162 valence electrons. The Hall–Kier alpha value is -3.30. The van der Waals surface area contributed by atoms with E-state index in [9.17, 15) is 22.0 Å². The molecule has 0 aliphatic carbocycles. The van der Waals surface area contributed by atoms with Crippen molar-refractivity contribution in [2.24, 2.45) is 0 Å². The van der Waals surface area contributed by atoms with Gasteiger partial charge in [-0.25, -0.2) is 8.42 Å². The largest absolute Gasteiger partial charge is 0.435 e. The molecule has 1 N–H and O–H groups in total. The molecule has 6 nitrogen and oxygen atoms in total. The van der Waals surface area contributed by atoms with Crippen molar-refractivity contribution in [3.05, 3.63) is 90.0 Å². The summed E-state index contributed by atoms with van der Waals surface area (Å²) in [6.45, 7) is -2.77. The molecule has 0 atom stereocenters. The van der Waals surface area contributed by atoms with Gasteiger partial charge in [0.25, 0.3) is 5.91 Å². The van der Waals surface area contributed by atoms with Crippen molar-refractivity contribution >= 4 is 21.6 Å². The fourth-order valence-corrected chi connectivity index (χ4v) is 3.99. The Morgan fingerprint density at radius 1 is 1.00 bits per heavy atom. The number of nitrogens with one attached hydrogen (secondary N) is 1. The second-order valence-corrected chi connectivity index (χ2v) is 8.68. The third kappa shape index (κ3) is 5.87. The SMILES string of the molecule is CN(Cc1ccccc1)S(=O)(=O)c1ccc(NC(=O)c2cccc(OC(F)F)c2)cc1. The lowest BCUT2D eigenvalue weighted by atomic mass is 10.2. The molecule has 0 heterocycles. The number of ether oxygens (including phenoxy) is 1. The maximum Gasteiger partial charge on any atom is 0.387 e. The van der Waals surface area contributed by atoms with Gasteiger partial charge in [0.2, 0.25) is 10.0 Å². The predicted molar refractivity (Wildman–Crippen MR) is 113 cm³/mol. The van der Waals surface area contributed by atoms with Crippen molar-refractivity contribution < 1.29 is 26.7 Å². The van der Waals surface area contributed by atoms with Crippen LogP contribution in [0.15, 0.2) is 83.8 Å². The molecule has 0 unspecified atom stereocenters. The van der Waals surface area contributed by atoms with Gasteiger partial charge >= 0.3 is 6.61 Å². The minimum Gasteiger partial charge on any atom is -0.435 e. The average molecular weight is 446 g/mol. The van der Waals surface area contributed by atoms with E-state index >= 15 is 0 Å². The Bertz CT molecular complexity index is 1140. The fraction of sp³-hybridized carbons (Fsp3) is 0.136. The highest BCUT2D eigenvalue weighted by atomic mass is 32.2. The minimum atomic E-state index is -3.72. The molecule has 3 aromatic carbocycles. The molecule has 0 saturated heterocycles. The zero-order valence-electron chi connectivity index (χ0n) is 16.5. The van der Waals surface area contributed by atoms with Crippen LogP contribution in [-0.2, 0) is 16.6 Å². The molecule has 3 rings (SSSR count). The molecule has 0 radical (unpaired) electrons. The lowest BCUT2D eigenvalue weighted by Crippen LogP contribution is -2.26. The van der Waals surface area contributed by atoms with E-state index in [1.807, 2.05) is 30.3 Å². The average Bonchev–Trinajstić information content (AvgIpc) is 2.74. The Morgan fingerprint density at radius 2 is 1.68 bits per heavy atom. The van der Waals surface area contributed by atoms with Gasteiger partial charge in [0.05, 0.1) is 4.90 Å². The van der Waals surface area contributed by atoms with Crippen LogP contribution in [0.5, 0.6) is 5.75 Å². The lowest BCUT2D eigenvalue weighted by Gasteiger charge is -2.17. The molecule has 0 aliphatic rings. The number of alkyl halides is 2. The number of hydrogen-bond acceptors (Lipinski definition) is 4. The van der Waals surface area contributed by atoms with E-state index in [-0.39, 0.29) is 22.8 Å². The molecule has 0 saturated carbocycles. The number of rotatable bonds is 8. The topological polar surface area (TPSA) is 75.7 Å². The number of sulfonamides is 1. The molecule has 0 bridgehead atoms. The molecule has 31 heavy (non-hydrogen) atoms. The van der Waals surface area contributed by atoms with Gasteiger partial charge in [-0.05, 0) is 48.0 Å². The molecular weight excluding hydrogens is 426 g/mol. The first-order valence-electron chi connectivity index (χ1n) is 9.22. The van der Waals surface area contributed by atoms with E-state index in [4.69, 9.17) is 0 Å². The van der Waals surface area contributed by atoms with Crippen LogP contribution in [-0.4, -0.2) is 32.3 Å². The van der Waals surface area contributed by atoms with Crippen molar-refractivity contribution in [2.45, 2.75) is 18.1 Å². The van der Waals surface area contributed by atoms with Crippen LogP contribution in [0.2, 0.25) is 0 Å². The summed E-state index contributed by atoms with van der Waals surface area (Å²) in [6, 6.07) is 20.3. The van der Waals surface area contributed by atoms with Gasteiger partial charge in [-0.1, -0.05) is 36.4 Å². The molecule has 0 aromatic heterocycles. The number of halogens is 2. The summed E-state index contributed by atoms with van der Waals surface area (Å²) in [5.74, 6) is -0.679. The molecule has 0 fully saturated rings. The quantitative estimate of drug-likeness (QED) is 0.558. The van der Waals surface area contributed by atoms with Crippen LogP contribution in [0, 0.1) is 0 Å². The van der Waals surface area contributed by atoms with Gasteiger partial charge < -0.3 is 10.1 Å². The van der Waals surface area contributed by atoms with Crippen molar-refractivity contribution in [1.29, 1.82) is 0 Å². The van der Waals surface area contributed by atoms with E-state index in [0.29, 0.717) is 5.69 Å². The van der Waals surface area contributed by atoms with E-state index in [2.05, 4.69) is 10.1 Å². The summed E-state index contributed by atoms with van der Waals surface area (Å²) < 4.78 is 55.8. The highest BCUT2D eigenvalue weighted by molar-refractivity contribution is 7.89. The van der Waals surface area contributed by atoms with Crippen LogP contribution in [0.1, 0.15) is 15.9 Å². The van der Waals surface area contributed by atoms with Crippen molar-refractivity contribution in [2.75, 3.05) is 12.4 Å². The summed E-state index contributed by atoms with van der Waals surface area (Å²) in [4.78, 5) is 12.4. The number of hydrogen-bond donors (Lipinski definition) is 1. The smallest absolute Gasteiger partial charge is 0.387 e. The van der Waals surface area contributed by atoms with E-state index in [0.717, 1.165) is 5.56 Å². The van der Waals surface area contributed by atoms with Gasteiger partial charge in [0.15, 0.2) is 0 Å². The summed E-state index contributed by atoms with van der Waals surface area (Å²) >= 11 is 0. The number of benzene rings is 3. The second-order valence-electron chi connectivity index (χ2n) is 6.63. The number of carbonyl (C=O) groups is 1. The summed E-state index contributed by atoms with van der Waals surface area (Å²) in [5, 5.41) is 2.60. The normalized spacial score (nSPS) is 11.5. The van der Waals surface area contributed by atoms with Crippen LogP contribution in [0.3, 0.4) is 0 Å². The first kappa shape index (κ1) is 22.4. The van der Waals surface area contributed by atoms with Crippen molar-refractivity contribution in [3.8, 4) is 5.75 Å². The predicted octanol–water partition coefficient (Wildman–Crippen LogP) is 4.36. The van der Waals surface area contributed by atoms with Crippen LogP contribution < -0.4 is 10.1 Å². The van der Waals surface area contributed by atoms with Gasteiger partial charge in [0.1, 0.15) is 5.75 Å². The molecule has 1 amide bonds. The number of anilines is 1. The van der Waals surface area contributed by atoms with Gasteiger partial charge in [-0.2, -0.15) is 13.1 Å². The highest BCUT2D eigenvalue weighted by Gasteiger charge is 2.21. The molecule has 9 heteroatoms. The zero-order chi connectivity index (χ0) is 22.4. The van der Waals surface area contributed by atoms with E-state index in [1.54, 1.807) is 0 Å². The summed E-state index contributed by atoms with van der Waals surface area (Å²) in [5.41, 5.74) is 1.34. The molecule has 0 spiro atoms. The standard InChI is InChI=1S/C22H20F2N2O4S/c1-26(15-16-6-3-2-4-7-16)31(28,29)20-12-10-18(11-13-20)25-21(27)17-8-5-9-19(14-17)30-22(23)24/h2-14,22H,15H2,1H3,(H,25,27). The summed E-state index contributed by atoms with van der Waals surface area (Å²) in [6.07, 6.45) is 0. The maximum absolute atomic E-state index is 12.8. The molecule has 0 aliphatic heterocycles. The molecular formula is C22H20F2N2O4S. The number of amides is 1. The maximum atomic E-state index is 12.8. The van der Waals surface area contributed by atoms with Crippen LogP contribution >= 0.6 is 0 Å². The zero-order valence-corrected chi connectivity index (χ0v) is 17.4. The first-order valence-corrected chi connectivity index (χ1v) is 10.7. The highest BCUT2D eigenvalue weighted by Crippen LogP contribution is 2.21. The summed E-state index contributed by atoms with van der Waals surface area (Å²) in [7, 11) is -2.23. The lowest BCUT2D eigenvalue weighted by molar-refractivity contribution is -0.0498. The Labute approximate surface area is 179 Å². The molecule has 3 aromatic rings. The number of nitrogens with zero attached hydrogens (tertiary/aromatic N) is 1. The Balaban J connectivity index is 1.69. The third-order valence-corrected chi connectivity index (χ3v) is 6.21. The van der Waals surface area contributed by atoms with Gasteiger partial charge in [-0.15, -0.1) is 0 Å².